The van der Waals surface area contributed by atoms with Crippen molar-refractivity contribution >= 4 is 11.9 Å². The molecule has 0 aromatic carbocycles. The number of amides is 1. The lowest BCUT2D eigenvalue weighted by Gasteiger charge is -2.25. The predicted octanol–water partition coefficient (Wildman–Crippen LogP) is 2.83. The van der Waals surface area contributed by atoms with E-state index in [0.29, 0.717) is 11.8 Å². The Kier molecular flexibility index (Phi) is 5.94. The van der Waals surface area contributed by atoms with E-state index in [2.05, 4.69) is 24.8 Å². The highest BCUT2D eigenvalue weighted by Crippen LogP contribution is 2.44. The average molecular weight is 390 g/mol. The quantitative estimate of drug-likeness (QED) is 0.841. The summed E-state index contributed by atoms with van der Waals surface area (Å²) in [4.78, 5) is 25.6. The highest BCUT2D eigenvalue weighted by atomic mass is 19.4. The van der Waals surface area contributed by atoms with Crippen LogP contribution < -0.4 is 0 Å². The maximum absolute atomic E-state index is 12.5. The van der Waals surface area contributed by atoms with Crippen LogP contribution in [0.1, 0.15) is 30.4 Å². The van der Waals surface area contributed by atoms with Gasteiger partial charge in [-0.1, -0.05) is 6.92 Å². The number of halogens is 3. The van der Waals surface area contributed by atoms with Gasteiger partial charge >= 0.3 is 12.1 Å². The largest absolute Gasteiger partial charge is 0.490 e. The zero-order valence-corrected chi connectivity index (χ0v) is 15.9. The lowest BCUT2D eigenvalue weighted by Crippen LogP contribution is -2.38. The van der Waals surface area contributed by atoms with Crippen LogP contribution in [0.2, 0.25) is 0 Å². The second-order valence-corrected chi connectivity index (χ2v) is 7.46. The number of carbonyl (C=O) groups excluding carboxylic acids is 1. The maximum atomic E-state index is 12.5. The summed E-state index contributed by atoms with van der Waals surface area (Å²) in [5.41, 5.74) is 1.06. The number of carbonyl (C=O) groups is 2. The van der Waals surface area contributed by atoms with Crippen LogP contribution in [-0.2, 0) is 16.1 Å². The molecule has 1 spiro atoms. The number of hydrogen-bond acceptors (Lipinski definition) is 4. The van der Waals surface area contributed by atoms with Gasteiger partial charge in [0.2, 0.25) is 5.91 Å². The highest BCUT2D eigenvalue weighted by molar-refractivity contribution is 5.85. The van der Waals surface area contributed by atoms with Crippen molar-refractivity contribution in [2.24, 2.45) is 11.3 Å². The third-order valence-corrected chi connectivity index (χ3v) is 5.49. The van der Waals surface area contributed by atoms with Crippen molar-refractivity contribution in [1.82, 2.24) is 9.80 Å². The van der Waals surface area contributed by atoms with Crippen molar-refractivity contribution in [3.63, 3.8) is 0 Å². The van der Waals surface area contributed by atoms with E-state index in [1.54, 1.807) is 0 Å². The van der Waals surface area contributed by atoms with Crippen molar-refractivity contribution in [2.45, 2.75) is 39.9 Å². The Hall–Kier alpha value is -2.03. The molecule has 1 aromatic rings. The molecule has 2 aliphatic heterocycles. The topological polar surface area (TPSA) is 74.0 Å². The molecule has 1 N–H and O–H groups in total. The third-order valence-electron chi connectivity index (χ3n) is 5.49. The van der Waals surface area contributed by atoms with Crippen molar-refractivity contribution in [3.8, 4) is 0 Å². The predicted molar refractivity (Wildman–Crippen MR) is 91.0 cm³/mol. The number of furan rings is 1. The van der Waals surface area contributed by atoms with Crippen molar-refractivity contribution in [1.29, 1.82) is 0 Å². The summed E-state index contributed by atoms with van der Waals surface area (Å²) in [5.74, 6) is 0.0191. The first kappa shape index (κ1) is 21.3. The minimum absolute atomic E-state index is 0.147. The second kappa shape index (κ2) is 7.53. The number of aliphatic carboxylic acids is 1. The van der Waals surface area contributed by atoms with E-state index in [1.807, 2.05) is 18.9 Å². The van der Waals surface area contributed by atoms with Gasteiger partial charge in [-0.2, -0.15) is 13.2 Å². The minimum atomic E-state index is -5.08. The van der Waals surface area contributed by atoms with Gasteiger partial charge in [-0.3, -0.25) is 9.69 Å². The second-order valence-electron chi connectivity index (χ2n) is 7.46. The Morgan fingerprint density at radius 2 is 2.00 bits per heavy atom. The SMILES string of the molecule is Cc1cc(CN2C[C@@H](C)[C@@]3(CCN(C)C3=O)C2)oc1C.O=C(O)C(F)(F)F. The lowest BCUT2D eigenvalue weighted by molar-refractivity contribution is -0.192. The zero-order chi connectivity index (χ0) is 20.6. The summed E-state index contributed by atoms with van der Waals surface area (Å²) in [5, 5.41) is 7.12. The molecule has 2 atom stereocenters. The first-order valence-electron chi connectivity index (χ1n) is 8.71. The van der Waals surface area contributed by atoms with Crippen molar-refractivity contribution in [2.75, 3.05) is 26.7 Å². The summed E-state index contributed by atoms with van der Waals surface area (Å²) < 4.78 is 37.5. The fourth-order valence-corrected chi connectivity index (χ4v) is 3.81. The van der Waals surface area contributed by atoms with E-state index in [4.69, 9.17) is 14.3 Å². The van der Waals surface area contributed by atoms with E-state index in [-0.39, 0.29) is 5.41 Å². The van der Waals surface area contributed by atoms with E-state index in [0.717, 1.165) is 44.1 Å². The summed E-state index contributed by atoms with van der Waals surface area (Å²) >= 11 is 0. The van der Waals surface area contributed by atoms with Crippen LogP contribution in [0.3, 0.4) is 0 Å². The van der Waals surface area contributed by atoms with Crippen LogP contribution in [0.5, 0.6) is 0 Å². The molecule has 27 heavy (non-hydrogen) atoms. The van der Waals surface area contributed by atoms with Gasteiger partial charge in [0.15, 0.2) is 0 Å². The number of aryl methyl sites for hydroxylation is 2. The zero-order valence-electron chi connectivity index (χ0n) is 15.9. The molecular formula is C18H25F3N2O4. The molecule has 3 heterocycles. The highest BCUT2D eigenvalue weighted by Gasteiger charge is 2.54. The maximum Gasteiger partial charge on any atom is 0.490 e. The monoisotopic (exact) mass is 390 g/mol. The van der Waals surface area contributed by atoms with Gasteiger partial charge in [0.05, 0.1) is 12.0 Å². The Labute approximate surface area is 155 Å². The van der Waals surface area contributed by atoms with Gasteiger partial charge in [-0.25, -0.2) is 4.79 Å². The van der Waals surface area contributed by atoms with Crippen LogP contribution >= 0.6 is 0 Å². The number of carboxylic acid groups (broad SMARTS) is 1. The van der Waals surface area contributed by atoms with Crippen LogP contribution in [0.15, 0.2) is 10.5 Å². The molecule has 9 heteroatoms. The number of carboxylic acids is 1. The molecule has 2 saturated heterocycles. The van der Waals surface area contributed by atoms with Gasteiger partial charge < -0.3 is 14.4 Å². The number of rotatable bonds is 2. The first-order valence-corrected chi connectivity index (χ1v) is 8.71. The molecule has 152 valence electrons. The smallest absolute Gasteiger partial charge is 0.475 e. The first-order chi connectivity index (χ1) is 12.4. The fourth-order valence-electron chi connectivity index (χ4n) is 3.81. The molecule has 6 nitrogen and oxygen atoms in total. The van der Waals surface area contributed by atoms with Crippen LogP contribution in [0.25, 0.3) is 0 Å². The molecule has 2 aliphatic rings. The number of nitrogens with zero attached hydrogens (tertiary/aromatic N) is 2. The van der Waals surface area contributed by atoms with Gasteiger partial charge in [0, 0.05) is 26.7 Å². The van der Waals surface area contributed by atoms with E-state index < -0.39 is 12.1 Å². The van der Waals surface area contributed by atoms with E-state index in [1.165, 1.54) is 5.56 Å². The number of likely N-dealkylation sites (tertiary alicyclic amines) is 2. The molecule has 1 aromatic heterocycles. The standard InChI is InChI=1S/C16H24N2O2.C2HF3O2/c1-11-7-14(20-13(11)3)9-18-8-12(2)16(10-18)5-6-17(4)15(16)19;3-2(4,5)1(6)7/h7,12H,5-6,8-10H2,1-4H3;(H,6,7)/t12-,16-;/m1./s1. The Bertz CT molecular complexity index is 696. The van der Waals surface area contributed by atoms with Gasteiger partial charge in [-0.15, -0.1) is 0 Å². The molecule has 0 unspecified atom stereocenters. The summed E-state index contributed by atoms with van der Waals surface area (Å²) in [6.07, 6.45) is -4.09. The van der Waals surface area contributed by atoms with Crippen molar-refractivity contribution in [3.05, 3.63) is 23.2 Å². The molecule has 0 saturated carbocycles. The Morgan fingerprint density at radius 1 is 1.41 bits per heavy atom. The fraction of sp³-hybridized carbons (Fsp3) is 0.667. The van der Waals surface area contributed by atoms with Crippen LogP contribution in [0.4, 0.5) is 13.2 Å². The molecular weight excluding hydrogens is 365 g/mol. The molecule has 0 radical (unpaired) electrons. The third kappa shape index (κ3) is 4.45. The summed E-state index contributed by atoms with van der Waals surface area (Å²) in [6, 6.07) is 2.12. The van der Waals surface area contributed by atoms with E-state index in [9.17, 15) is 18.0 Å². The number of alkyl halides is 3. The van der Waals surface area contributed by atoms with E-state index >= 15 is 0 Å². The van der Waals surface area contributed by atoms with Crippen molar-refractivity contribution < 1.29 is 32.3 Å². The molecule has 0 aliphatic carbocycles. The minimum Gasteiger partial charge on any atom is -0.475 e. The molecule has 1 amide bonds. The van der Waals surface area contributed by atoms with Gasteiger partial charge in [0.25, 0.3) is 0 Å². The van der Waals surface area contributed by atoms with Crippen LogP contribution in [0, 0.1) is 25.2 Å². The molecule has 0 bridgehead atoms. The Morgan fingerprint density at radius 3 is 2.41 bits per heavy atom. The Balaban J connectivity index is 0.000000321. The van der Waals surface area contributed by atoms with Crippen LogP contribution in [-0.4, -0.2) is 59.6 Å². The normalized spacial score (nSPS) is 25.8. The summed E-state index contributed by atoms with van der Waals surface area (Å²) in [7, 11) is 1.92. The number of hydrogen-bond donors (Lipinski definition) is 1. The van der Waals surface area contributed by atoms with Gasteiger partial charge in [0.1, 0.15) is 11.5 Å². The summed E-state index contributed by atoms with van der Waals surface area (Å²) in [6.45, 7) is 9.87. The average Bonchev–Trinajstić information content (AvgIpc) is 3.13. The molecule has 3 rings (SSSR count). The van der Waals surface area contributed by atoms with Gasteiger partial charge in [-0.05, 0) is 37.8 Å². The lowest BCUT2D eigenvalue weighted by atomic mass is 9.78. The molecule has 2 fully saturated rings.